The second kappa shape index (κ2) is 11.3. The quantitative estimate of drug-likeness (QED) is 0.274. The summed E-state index contributed by atoms with van der Waals surface area (Å²) in [5.74, 6) is 2.48. The number of carbonyl (C=O) groups is 1. The zero-order valence-corrected chi connectivity index (χ0v) is 23.2. The summed E-state index contributed by atoms with van der Waals surface area (Å²) >= 11 is 0. The minimum Gasteiger partial charge on any atom is -0.455 e. The predicted molar refractivity (Wildman–Crippen MR) is 157 cm³/mol. The number of para-hydroxylation sites is 2. The third kappa shape index (κ3) is 5.31. The van der Waals surface area contributed by atoms with Gasteiger partial charge in [-0.3, -0.25) is 14.3 Å². The Kier molecular flexibility index (Phi) is 7.01. The Morgan fingerprint density at radius 2 is 1.60 bits per heavy atom. The fourth-order valence-corrected chi connectivity index (χ4v) is 6.02. The van der Waals surface area contributed by atoms with Gasteiger partial charge in [-0.25, -0.2) is 4.79 Å². The van der Waals surface area contributed by atoms with Crippen LogP contribution in [0, 0.1) is 0 Å². The van der Waals surface area contributed by atoms with E-state index in [2.05, 4.69) is 28.1 Å². The molecule has 1 N–H and O–H groups in total. The second-order valence-electron chi connectivity index (χ2n) is 10.9. The molecule has 9 nitrogen and oxygen atoms in total. The van der Waals surface area contributed by atoms with E-state index in [-0.39, 0.29) is 24.4 Å². The Balaban J connectivity index is 1.02. The molecule has 9 heteroatoms. The summed E-state index contributed by atoms with van der Waals surface area (Å²) in [6, 6.07) is 27.8. The first-order valence-electron chi connectivity index (χ1n) is 14.3. The van der Waals surface area contributed by atoms with Crippen molar-refractivity contribution >= 4 is 16.9 Å². The lowest BCUT2D eigenvalue weighted by Crippen LogP contribution is -2.40. The Labute approximate surface area is 242 Å². The third-order valence-electron chi connectivity index (χ3n) is 8.08. The first-order valence-corrected chi connectivity index (χ1v) is 14.3. The van der Waals surface area contributed by atoms with Crippen LogP contribution in [0.1, 0.15) is 46.3 Å². The summed E-state index contributed by atoms with van der Waals surface area (Å²) in [4.78, 5) is 33.1. The normalized spacial score (nSPS) is 15.1. The number of fused-ring (bicyclic) bond motifs is 2. The molecule has 3 aromatic carbocycles. The van der Waals surface area contributed by atoms with Crippen molar-refractivity contribution < 1.29 is 18.7 Å². The van der Waals surface area contributed by atoms with Gasteiger partial charge < -0.3 is 23.8 Å². The van der Waals surface area contributed by atoms with Crippen LogP contribution in [0.2, 0.25) is 0 Å². The summed E-state index contributed by atoms with van der Waals surface area (Å²) in [5, 5.41) is 0. The van der Waals surface area contributed by atoms with Crippen LogP contribution in [0.25, 0.3) is 11.0 Å². The number of aromatic nitrogens is 2. The van der Waals surface area contributed by atoms with Crippen molar-refractivity contribution in [3.63, 3.8) is 0 Å². The van der Waals surface area contributed by atoms with Crippen LogP contribution in [0.4, 0.5) is 0 Å². The monoisotopic (exact) mass is 564 g/mol. The number of furan rings is 1. The van der Waals surface area contributed by atoms with E-state index < -0.39 is 0 Å². The van der Waals surface area contributed by atoms with Crippen molar-refractivity contribution in [1.29, 1.82) is 0 Å². The lowest BCUT2D eigenvalue weighted by molar-refractivity contribution is 0.0658. The van der Waals surface area contributed by atoms with E-state index in [4.69, 9.17) is 13.9 Å². The van der Waals surface area contributed by atoms with E-state index in [0.717, 1.165) is 40.4 Å². The molecule has 0 radical (unpaired) electrons. The fraction of sp³-hybridized carbons (Fsp3) is 0.273. The van der Waals surface area contributed by atoms with Gasteiger partial charge in [0.25, 0.3) is 5.91 Å². The van der Waals surface area contributed by atoms with Crippen molar-refractivity contribution in [2.24, 2.45) is 0 Å². The maximum atomic E-state index is 13.4. The van der Waals surface area contributed by atoms with Crippen molar-refractivity contribution in [2.75, 3.05) is 19.9 Å². The van der Waals surface area contributed by atoms with Gasteiger partial charge in [0.05, 0.1) is 17.6 Å². The number of hydrogen-bond donors (Lipinski definition) is 1. The van der Waals surface area contributed by atoms with Gasteiger partial charge in [-0.05, 0) is 60.4 Å². The minimum absolute atomic E-state index is 0.0487. The van der Waals surface area contributed by atoms with Gasteiger partial charge in [-0.15, -0.1) is 0 Å². The molecule has 2 aliphatic heterocycles. The highest BCUT2D eigenvalue weighted by molar-refractivity contribution is 5.91. The number of nitrogens with one attached hydrogen (secondary N) is 1. The molecule has 0 aliphatic carbocycles. The number of ether oxygens (including phenoxy) is 2. The van der Waals surface area contributed by atoms with Gasteiger partial charge in [0, 0.05) is 32.2 Å². The molecule has 214 valence electrons. The van der Waals surface area contributed by atoms with E-state index in [1.807, 2.05) is 70.1 Å². The zero-order chi connectivity index (χ0) is 28.5. The van der Waals surface area contributed by atoms with Crippen LogP contribution in [-0.4, -0.2) is 45.1 Å². The Morgan fingerprint density at radius 3 is 2.45 bits per heavy atom. The largest absolute Gasteiger partial charge is 0.455 e. The number of piperidine rings is 1. The van der Waals surface area contributed by atoms with Crippen LogP contribution in [-0.2, 0) is 19.6 Å². The summed E-state index contributed by atoms with van der Waals surface area (Å²) in [5.41, 5.74) is 3.94. The number of hydrogen-bond acceptors (Lipinski definition) is 6. The number of likely N-dealkylation sites (tertiary alicyclic amines) is 1. The van der Waals surface area contributed by atoms with Crippen molar-refractivity contribution in [2.45, 2.75) is 38.5 Å². The number of amides is 1. The number of benzene rings is 3. The first kappa shape index (κ1) is 26.2. The smallest absolute Gasteiger partial charge is 0.326 e. The van der Waals surface area contributed by atoms with Gasteiger partial charge in [0.1, 0.15) is 5.76 Å². The SMILES string of the molecule is O=C(c1ccc(CN(Cc2ccccc2)Cc2ccc3c(c2)OCO3)o1)N1CCC(n2c(=O)[nH]c3ccccc32)CC1. The highest BCUT2D eigenvalue weighted by atomic mass is 16.7. The fourth-order valence-electron chi connectivity index (χ4n) is 6.02. The van der Waals surface area contributed by atoms with Crippen molar-refractivity contribution in [3.8, 4) is 11.5 Å². The van der Waals surface area contributed by atoms with Gasteiger partial charge in [0.2, 0.25) is 6.79 Å². The molecule has 7 rings (SSSR count). The number of nitrogens with zero attached hydrogens (tertiary/aromatic N) is 3. The van der Waals surface area contributed by atoms with Crippen molar-refractivity contribution in [1.82, 2.24) is 19.4 Å². The molecule has 0 saturated carbocycles. The average Bonchev–Trinajstić information content (AvgIpc) is 3.75. The van der Waals surface area contributed by atoms with Crippen LogP contribution >= 0.6 is 0 Å². The van der Waals surface area contributed by atoms with Crippen molar-refractivity contribution in [3.05, 3.63) is 118 Å². The highest BCUT2D eigenvalue weighted by Gasteiger charge is 2.28. The van der Waals surface area contributed by atoms with Gasteiger partial charge in [-0.1, -0.05) is 48.5 Å². The molecule has 0 atom stereocenters. The molecule has 1 amide bonds. The van der Waals surface area contributed by atoms with Crippen LogP contribution < -0.4 is 15.2 Å². The number of rotatable bonds is 8. The lowest BCUT2D eigenvalue weighted by Gasteiger charge is -2.32. The van der Waals surface area contributed by atoms with E-state index in [0.29, 0.717) is 44.8 Å². The number of imidazole rings is 1. The highest BCUT2D eigenvalue weighted by Crippen LogP contribution is 2.33. The lowest BCUT2D eigenvalue weighted by atomic mass is 10.0. The number of aromatic amines is 1. The summed E-state index contributed by atoms with van der Waals surface area (Å²) < 4.78 is 19.0. The maximum Gasteiger partial charge on any atom is 0.326 e. The van der Waals surface area contributed by atoms with E-state index in [1.165, 1.54) is 5.56 Å². The molecule has 0 spiro atoms. The van der Waals surface area contributed by atoms with E-state index >= 15 is 0 Å². The predicted octanol–water partition coefficient (Wildman–Crippen LogP) is 5.33. The Bertz CT molecular complexity index is 1760. The van der Waals surface area contributed by atoms with Gasteiger partial charge in [0.15, 0.2) is 17.3 Å². The number of carbonyl (C=O) groups excluding carboxylic acids is 1. The molecule has 5 aromatic rings. The summed E-state index contributed by atoms with van der Waals surface area (Å²) in [6.45, 7) is 3.32. The van der Waals surface area contributed by atoms with Crippen LogP contribution in [0.3, 0.4) is 0 Å². The molecule has 0 bridgehead atoms. The molecule has 4 heterocycles. The van der Waals surface area contributed by atoms with E-state index in [9.17, 15) is 9.59 Å². The molecule has 1 saturated heterocycles. The molecule has 0 unspecified atom stereocenters. The summed E-state index contributed by atoms with van der Waals surface area (Å²) in [7, 11) is 0. The Hall–Kier alpha value is -4.76. The zero-order valence-electron chi connectivity index (χ0n) is 23.2. The standard InChI is InChI=1S/C33H32N4O5/c38-32(36-16-14-25(15-17-36)37-28-9-5-4-8-27(28)34-33(37)39)30-13-11-26(42-30)21-35(19-23-6-2-1-3-7-23)20-24-10-12-29-31(18-24)41-22-40-29/h1-13,18,25H,14-17,19-22H2,(H,34,39). The molecule has 2 aromatic heterocycles. The van der Waals surface area contributed by atoms with Gasteiger partial charge in [-0.2, -0.15) is 0 Å². The number of H-pyrrole nitrogens is 1. The molecule has 42 heavy (non-hydrogen) atoms. The summed E-state index contributed by atoms with van der Waals surface area (Å²) in [6.07, 6.45) is 1.42. The molecule has 1 fully saturated rings. The minimum atomic E-state index is -0.114. The first-order chi connectivity index (χ1) is 20.6. The molecular weight excluding hydrogens is 532 g/mol. The second-order valence-corrected chi connectivity index (χ2v) is 10.9. The maximum absolute atomic E-state index is 13.4. The average molecular weight is 565 g/mol. The third-order valence-corrected chi connectivity index (χ3v) is 8.08. The van der Waals surface area contributed by atoms with Crippen LogP contribution in [0.15, 0.2) is 94.1 Å². The van der Waals surface area contributed by atoms with Gasteiger partial charge >= 0.3 is 5.69 Å². The molecule has 2 aliphatic rings. The topological polar surface area (TPSA) is 92.9 Å². The molecular formula is C33H32N4O5. The Morgan fingerprint density at radius 1 is 0.833 bits per heavy atom. The van der Waals surface area contributed by atoms with E-state index in [1.54, 1.807) is 6.07 Å². The van der Waals surface area contributed by atoms with Crippen LogP contribution in [0.5, 0.6) is 11.5 Å².